The number of carbonyl (C=O) groups is 1. The van der Waals surface area contributed by atoms with E-state index in [4.69, 9.17) is 10.5 Å². The van der Waals surface area contributed by atoms with Crippen LogP contribution < -0.4 is 5.73 Å². The van der Waals surface area contributed by atoms with E-state index in [0.717, 1.165) is 52.0 Å². The van der Waals surface area contributed by atoms with E-state index in [-0.39, 0.29) is 6.04 Å². The fraction of sp³-hybridized carbons (Fsp3) is 0.933. The van der Waals surface area contributed by atoms with Gasteiger partial charge in [-0.05, 0) is 39.7 Å². The summed E-state index contributed by atoms with van der Waals surface area (Å²) in [5.74, 6) is 0.297. The Kier molecular flexibility index (Phi) is 5.81. The second kappa shape index (κ2) is 7.38. The fourth-order valence-electron chi connectivity index (χ4n) is 3.23. The first kappa shape index (κ1) is 15.7. The first-order valence-corrected chi connectivity index (χ1v) is 7.95. The van der Waals surface area contributed by atoms with Gasteiger partial charge in [-0.25, -0.2) is 0 Å². The van der Waals surface area contributed by atoms with Gasteiger partial charge in [-0.1, -0.05) is 0 Å². The van der Waals surface area contributed by atoms with E-state index in [1.807, 2.05) is 4.90 Å². The number of likely N-dealkylation sites (tertiary alicyclic amines) is 1. The van der Waals surface area contributed by atoms with Crippen molar-refractivity contribution in [3.63, 3.8) is 0 Å². The second-order valence-corrected chi connectivity index (χ2v) is 6.34. The van der Waals surface area contributed by atoms with E-state index in [1.165, 1.54) is 0 Å². The molecule has 2 unspecified atom stereocenters. The molecule has 0 saturated carbocycles. The number of nitrogens with zero attached hydrogens (tertiary/aromatic N) is 2. The summed E-state index contributed by atoms with van der Waals surface area (Å²) in [5.41, 5.74) is 5.86. The lowest BCUT2D eigenvalue weighted by atomic mass is 10.1. The van der Waals surface area contributed by atoms with Gasteiger partial charge in [0.15, 0.2) is 0 Å². The predicted octanol–water partition coefficient (Wildman–Crippen LogP) is 0.826. The Morgan fingerprint density at radius 1 is 1.20 bits per heavy atom. The van der Waals surface area contributed by atoms with Crippen molar-refractivity contribution in [3.05, 3.63) is 0 Å². The monoisotopic (exact) mass is 283 g/mol. The molecule has 2 rings (SSSR count). The molecule has 2 heterocycles. The van der Waals surface area contributed by atoms with E-state index < -0.39 is 0 Å². The Bertz CT molecular complexity index is 306. The van der Waals surface area contributed by atoms with Crippen molar-refractivity contribution >= 4 is 5.91 Å². The molecule has 0 aromatic carbocycles. The van der Waals surface area contributed by atoms with Gasteiger partial charge in [-0.15, -0.1) is 0 Å². The standard InChI is InChI=1S/C15H29N3O2/c1-12-10-17(11-13(2)20-12)7-3-4-15(19)18-8-5-14(16)6-9-18/h12-14H,3-11,16H2,1-2H3. The first-order valence-electron chi connectivity index (χ1n) is 7.95. The SMILES string of the molecule is CC1CN(CCCC(=O)N2CCC(N)CC2)CC(C)O1. The number of nitrogens with two attached hydrogens (primary N) is 1. The van der Waals surface area contributed by atoms with Crippen LogP contribution in [0.3, 0.4) is 0 Å². The van der Waals surface area contributed by atoms with Gasteiger partial charge in [0.25, 0.3) is 0 Å². The van der Waals surface area contributed by atoms with Crippen molar-refractivity contribution in [1.29, 1.82) is 0 Å². The van der Waals surface area contributed by atoms with E-state index in [2.05, 4.69) is 18.7 Å². The van der Waals surface area contributed by atoms with Gasteiger partial charge in [0.1, 0.15) is 0 Å². The van der Waals surface area contributed by atoms with Crippen LogP contribution in [-0.2, 0) is 9.53 Å². The van der Waals surface area contributed by atoms with Crippen molar-refractivity contribution in [2.24, 2.45) is 5.73 Å². The van der Waals surface area contributed by atoms with Crippen LogP contribution in [0.1, 0.15) is 39.5 Å². The van der Waals surface area contributed by atoms with Crippen LogP contribution in [0.5, 0.6) is 0 Å². The molecule has 1 amide bonds. The van der Waals surface area contributed by atoms with Crippen molar-refractivity contribution < 1.29 is 9.53 Å². The van der Waals surface area contributed by atoms with Crippen LogP contribution in [0.25, 0.3) is 0 Å². The molecule has 2 N–H and O–H groups in total. The molecule has 2 atom stereocenters. The minimum absolute atomic E-state index is 0.287. The summed E-state index contributed by atoms with van der Waals surface area (Å²) >= 11 is 0. The molecule has 5 nitrogen and oxygen atoms in total. The third-order valence-electron chi connectivity index (χ3n) is 4.25. The summed E-state index contributed by atoms with van der Waals surface area (Å²) < 4.78 is 5.72. The smallest absolute Gasteiger partial charge is 0.222 e. The lowest BCUT2D eigenvalue weighted by Gasteiger charge is -2.35. The van der Waals surface area contributed by atoms with Gasteiger partial charge in [-0.2, -0.15) is 0 Å². The number of hydrogen-bond donors (Lipinski definition) is 1. The quantitative estimate of drug-likeness (QED) is 0.830. The highest BCUT2D eigenvalue weighted by Crippen LogP contribution is 2.13. The Labute approximate surface area is 122 Å². The van der Waals surface area contributed by atoms with E-state index in [0.29, 0.717) is 24.5 Å². The molecule has 0 aromatic heterocycles. The Hall–Kier alpha value is -0.650. The van der Waals surface area contributed by atoms with E-state index in [1.54, 1.807) is 0 Å². The topological polar surface area (TPSA) is 58.8 Å². The minimum atomic E-state index is 0.287. The maximum absolute atomic E-state index is 12.1. The average Bonchev–Trinajstić information content (AvgIpc) is 2.38. The summed E-state index contributed by atoms with van der Waals surface area (Å²) in [6.45, 7) is 8.87. The normalized spacial score (nSPS) is 29.6. The molecular formula is C15H29N3O2. The molecule has 0 aliphatic carbocycles. The van der Waals surface area contributed by atoms with Crippen LogP contribution in [0.2, 0.25) is 0 Å². The van der Waals surface area contributed by atoms with E-state index >= 15 is 0 Å². The summed E-state index contributed by atoms with van der Waals surface area (Å²) in [4.78, 5) is 16.5. The second-order valence-electron chi connectivity index (χ2n) is 6.34. The number of rotatable bonds is 4. The van der Waals surface area contributed by atoms with Gasteiger partial charge in [0.05, 0.1) is 12.2 Å². The number of carbonyl (C=O) groups excluding carboxylic acids is 1. The third-order valence-corrected chi connectivity index (χ3v) is 4.25. The molecule has 0 spiro atoms. The van der Waals surface area contributed by atoms with Crippen molar-refractivity contribution in [2.75, 3.05) is 32.7 Å². The number of hydrogen-bond acceptors (Lipinski definition) is 4. The Morgan fingerprint density at radius 2 is 1.80 bits per heavy atom. The summed E-state index contributed by atoms with van der Waals surface area (Å²) in [5, 5.41) is 0. The van der Waals surface area contributed by atoms with Crippen molar-refractivity contribution in [3.8, 4) is 0 Å². The molecule has 20 heavy (non-hydrogen) atoms. The molecular weight excluding hydrogens is 254 g/mol. The molecule has 0 radical (unpaired) electrons. The lowest BCUT2D eigenvalue weighted by molar-refractivity contribution is -0.132. The molecule has 2 fully saturated rings. The number of piperidine rings is 1. The zero-order valence-corrected chi connectivity index (χ0v) is 12.9. The van der Waals surface area contributed by atoms with Crippen LogP contribution in [-0.4, -0.2) is 66.7 Å². The molecule has 2 aliphatic heterocycles. The minimum Gasteiger partial charge on any atom is -0.373 e. The Balaban J connectivity index is 1.64. The summed E-state index contributed by atoms with van der Waals surface area (Å²) in [6, 6.07) is 0.287. The zero-order valence-electron chi connectivity index (χ0n) is 12.9. The maximum atomic E-state index is 12.1. The highest BCUT2D eigenvalue weighted by Gasteiger charge is 2.23. The van der Waals surface area contributed by atoms with Gasteiger partial charge < -0.3 is 15.4 Å². The Morgan fingerprint density at radius 3 is 2.40 bits per heavy atom. The van der Waals surface area contributed by atoms with Gasteiger partial charge >= 0.3 is 0 Å². The van der Waals surface area contributed by atoms with Gasteiger partial charge in [-0.3, -0.25) is 9.69 Å². The lowest BCUT2D eigenvalue weighted by Crippen LogP contribution is -2.46. The van der Waals surface area contributed by atoms with Crippen LogP contribution in [0.15, 0.2) is 0 Å². The van der Waals surface area contributed by atoms with E-state index in [9.17, 15) is 4.79 Å². The zero-order chi connectivity index (χ0) is 14.5. The fourth-order valence-corrected chi connectivity index (χ4v) is 3.23. The molecule has 2 saturated heterocycles. The largest absolute Gasteiger partial charge is 0.373 e. The predicted molar refractivity (Wildman–Crippen MR) is 79.5 cm³/mol. The molecule has 0 aromatic rings. The highest BCUT2D eigenvalue weighted by molar-refractivity contribution is 5.76. The number of morpholine rings is 1. The maximum Gasteiger partial charge on any atom is 0.222 e. The van der Waals surface area contributed by atoms with Gasteiger partial charge in [0, 0.05) is 38.6 Å². The molecule has 116 valence electrons. The molecule has 5 heteroatoms. The summed E-state index contributed by atoms with van der Waals surface area (Å²) in [6.07, 6.45) is 4.11. The summed E-state index contributed by atoms with van der Waals surface area (Å²) in [7, 11) is 0. The van der Waals surface area contributed by atoms with Crippen LogP contribution in [0, 0.1) is 0 Å². The van der Waals surface area contributed by atoms with Crippen LogP contribution >= 0.6 is 0 Å². The number of ether oxygens (including phenoxy) is 1. The van der Waals surface area contributed by atoms with Crippen LogP contribution in [0.4, 0.5) is 0 Å². The molecule has 2 aliphatic rings. The first-order chi connectivity index (χ1) is 9.54. The van der Waals surface area contributed by atoms with Crippen molar-refractivity contribution in [1.82, 2.24) is 9.80 Å². The van der Waals surface area contributed by atoms with Crippen molar-refractivity contribution in [2.45, 2.75) is 57.8 Å². The highest BCUT2D eigenvalue weighted by atomic mass is 16.5. The molecule has 0 bridgehead atoms. The average molecular weight is 283 g/mol. The number of amides is 1. The van der Waals surface area contributed by atoms with Gasteiger partial charge in [0.2, 0.25) is 5.91 Å². The third kappa shape index (κ3) is 4.72.